The van der Waals surface area contributed by atoms with Crippen LogP contribution in [-0.4, -0.2) is 60.2 Å². The Morgan fingerprint density at radius 1 is 1.07 bits per heavy atom. The summed E-state index contributed by atoms with van der Waals surface area (Å²) in [4.78, 5) is 16.1. The molecule has 1 aromatic heterocycles. The van der Waals surface area contributed by atoms with Gasteiger partial charge >= 0.3 is 12.4 Å². The molecule has 1 fully saturated rings. The molecule has 156 valence electrons. The number of aromatic nitrogens is 2. The molecule has 8 nitrogen and oxygen atoms in total. The van der Waals surface area contributed by atoms with Crippen LogP contribution in [0.5, 0.6) is 5.75 Å². The zero-order valence-electron chi connectivity index (χ0n) is 15.7. The van der Waals surface area contributed by atoms with E-state index in [4.69, 9.17) is 0 Å². The molecule has 2 heterocycles. The van der Waals surface area contributed by atoms with Gasteiger partial charge in [0.15, 0.2) is 5.82 Å². The Balaban J connectivity index is 1.49. The molecule has 1 aliphatic heterocycles. The first-order chi connectivity index (χ1) is 13.8. The fourth-order valence-corrected chi connectivity index (χ4v) is 2.85. The lowest BCUT2D eigenvalue weighted by Gasteiger charge is -2.35. The minimum absolute atomic E-state index is 0.317. The molecule has 11 heteroatoms. The lowest BCUT2D eigenvalue weighted by atomic mass is 10.3. The predicted molar refractivity (Wildman–Crippen MR) is 102 cm³/mol. The third-order valence-corrected chi connectivity index (χ3v) is 4.24. The van der Waals surface area contributed by atoms with Gasteiger partial charge in [-0.1, -0.05) is 0 Å². The Labute approximate surface area is 165 Å². The van der Waals surface area contributed by atoms with Crippen molar-refractivity contribution in [2.75, 3.05) is 48.3 Å². The van der Waals surface area contributed by atoms with Crippen LogP contribution in [0.4, 0.5) is 35.3 Å². The van der Waals surface area contributed by atoms with Crippen LogP contribution >= 0.6 is 0 Å². The summed E-state index contributed by atoms with van der Waals surface area (Å²) >= 11 is 0. The fraction of sp³-hybridized carbons (Fsp3) is 0.389. The maximum atomic E-state index is 12.4. The molecule has 3 rings (SSSR count). The Hall–Kier alpha value is -3.24. The average molecular weight is 410 g/mol. The summed E-state index contributed by atoms with van der Waals surface area (Å²) in [6.07, 6.45) is -4.75. The number of nitrogens with one attached hydrogen (secondary N) is 2. The number of ether oxygens (including phenoxy) is 1. The number of alkyl halides is 3. The first kappa shape index (κ1) is 20.5. The van der Waals surface area contributed by atoms with Crippen LogP contribution in [0.3, 0.4) is 0 Å². The van der Waals surface area contributed by atoms with Gasteiger partial charge in [0, 0.05) is 38.4 Å². The Kier molecular flexibility index (Phi) is 6.25. The van der Waals surface area contributed by atoms with Gasteiger partial charge in [-0.15, -0.1) is 23.4 Å². The van der Waals surface area contributed by atoms with Crippen molar-refractivity contribution < 1.29 is 22.7 Å². The number of anilines is 3. The number of piperazine rings is 1. The zero-order chi connectivity index (χ0) is 20.9. The van der Waals surface area contributed by atoms with E-state index in [1.165, 1.54) is 12.1 Å². The normalized spacial score (nSPS) is 14.5. The number of rotatable bonds is 5. The van der Waals surface area contributed by atoms with E-state index in [1.807, 2.05) is 24.0 Å². The van der Waals surface area contributed by atoms with E-state index in [1.54, 1.807) is 4.90 Å². The van der Waals surface area contributed by atoms with E-state index in [9.17, 15) is 18.0 Å². The topological polar surface area (TPSA) is 82.6 Å². The van der Waals surface area contributed by atoms with Crippen LogP contribution < -0.4 is 20.3 Å². The molecule has 0 aliphatic carbocycles. The zero-order valence-corrected chi connectivity index (χ0v) is 15.7. The lowest BCUT2D eigenvalue weighted by molar-refractivity contribution is -0.274. The van der Waals surface area contributed by atoms with Crippen LogP contribution in [-0.2, 0) is 0 Å². The fourth-order valence-electron chi connectivity index (χ4n) is 2.85. The molecule has 1 aliphatic rings. The third kappa shape index (κ3) is 5.87. The highest BCUT2D eigenvalue weighted by atomic mass is 19.4. The van der Waals surface area contributed by atoms with Crippen molar-refractivity contribution in [3.05, 3.63) is 36.4 Å². The first-order valence-electron chi connectivity index (χ1n) is 9.08. The summed E-state index contributed by atoms with van der Waals surface area (Å²) in [5, 5.41) is 14.1. The Bertz CT molecular complexity index is 806. The summed E-state index contributed by atoms with van der Waals surface area (Å²) in [6.45, 7) is 4.90. The van der Waals surface area contributed by atoms with E-state index in [0.717, 1.165) is 24.5 Å². The highest BCUT2D eigenvalue weighted by Gasteiger charge is 2.31. The molecule has 2 amide bonds. The molecule has 0 spiro atoms. The molecular formula is C18H21F3N6O2. The van der Waals surface area contributed by atoms with Gasteiger partial charge in [-0.25, -0.2) is 4.79 Å². The number of benzene rings is 1. The lowest BCUT2D eigenvalue weighted by Crippen LogP contribution is -2.50. The van der Waals surface area contributed by atoms with Crippen molar-refractivity contribution in [3.8, 4) is 5.75 Å². The molecule has 29 heavy (non-hydrogen) atoms. The minimum atomic E-state index is -4.75. The number of carbonyl (C=O) groups is 1. The van der Waals surface area contributed by atoms with E-state index in [-0.39, 0.29) is 11.8 Å². The maximum absolute atomic E-state index is 12.4. The second-order valence-corrected chi connectivity index (χ2v) is 6.28. The van der Waals surface area contributed by atoms with Gasteiger partial charge < -0.3 is 25.2 Å². The number of hydrogen-bond donors (Lipinski definition) is 2. The Morgan fingerprint density at radius 2 is 1.76 bits per heavy atom. The largest absolute Gasteiger partial charge is 0.573 e. The van der Waals surface area contributed by atoms with Crippen molar-refractivity contribution in [3.63, 3.8) is 0 Å². The van der Waals surface area contributed by atoms with Gasteiger partial charge in [-0.2, -0.15) is 0 Å². The molecule has 0 bridgehead atoms. The third-order valence-electron chi connectivity index (χ3n) is 4.24. The summed E-state index contributed by atoms with van der Waals surface area (Å²) in [5.74, 6) is 1.11. The van der Waals surface area contributed by atoms with Gasteiger partial charge in [0.1, 0.15) is 11.6 Å². The molecular weight excluding hydrogens is 389 g/mol. The van der Waals surface area contributed by atoms with E-state index in [0.29, 0.717) is 37.7 Å². The highest BCUT2D eigenvalue weighted by Crippen LogP contribution is 2.24. The molecule has 0 atom stereocenters. The number of amides is 2. The van der Waals surface area contributed by atoms with Crippen LogP contribution in [0, 0.1) is 0 Å². The summed E-state index contributed by atoms with van der Waals surface area (Å²) in [6, 6.07) is 8.44. The smallest absolute Gasteiger partial charge is 0.406 e. The molecule has 1 aromatic carbocycles. The van der Waals surface area contributed by atoms with Crippen molar-refractivity contribution >= 4 is 23.4 Å². The van der Waals surface area contributed by atoms with Gasteiger partial charge in [0.05, 0.1) is 0 Å². The summed E-state index contributed by atoms with van der Waals surface area (Å²) in [5.41, 5.74) is 0.386. The molecule has 0 unspecified atom stereocenters. The van der Waals surface area contributed by atoms with E-state index >= 15 is 0 Å². The van der Waals surface area contributed by atoms with Gasteiger partial charge in [-0.3, -0.25) is 0 Å². The molecule has 0 saturated carbocycles. The van der Waals surface area contributed by atoms with Gasteiger partial charge in [-0.05, 0) is 43.3 Å². The molecule has 0 radical (unpaired) electrons. The quantitative estimate of drug-likeness (QED) is 0.788. The second kappa shape index (κ2) is 8.84. The number of carbonyl (C=O) groups excluding carboxylic acids is 1. The van der Waals surface area contributed by atoms with Crippen LogP contribution in [0.1, 0.15) is 6.92 Å². The predicted octanol–water partition coefficient (Wildman–Crippen LogP) is 3.16. The highest BCUT2D eigenvalue weighted by molar-refractivity contribution is 5.89. The maximum Gasteiger partial charge on any atom is 0.573 e. The van der Waals surface area contributed by atoms with E-state index < -0.39 is 6.36 Å². The van der Waals surface area contributed by atoms with Crippen LogP contribution in [0.2, 0.25) is 0 Å². The van der Waals surface area contributed by atoms with Crippen LogP contribution in [0.25, 0.3) is 0 Å². The number of halogens is 3. The van der Waals surface area contributed by atoms with E-state index in [2.05, 4.69) is 25.6 Å². The molecule has 2 aromatic rings. The van der Waals surface area contributed by atoms with Crippen molar-refractivity contribution in [2.24, 2.45) is 0 Å². The number of hydrogen-bond acceptors (Lipinski definition) is 6. The minimum Gasteiger partial charge on any atom is -0.406 e. The van der Waals surface area contributed by atoms with Gasteiger partial charge in [0.25, 0.3) is 0 Å². The van der Waals surface area contributed by atoms with Crippen molar-refractivity contribution in [1.29, 1.82) is 0 Å². The summed E-state index contributed by atoms with van der Waals surface area (Å²) < 4.78 is 40.4. The molecule has 2 N–H and O–H groups in total. The van der Waals surface area contributed by atoms with Crippen molar-refractivity contribution in [1.82, 2.24) is 15.1 Å². The first-order valence-corrected chi connectivity index (χ1v) is 9.08. The SMILES string of the molecule is CCNc1ccc(N2CCN(C(=O)Nc3ccc(OC(F)(F)F)cc3)CC2)nn1. The monoisotopic (exact) mass is 410 g/mol. The summed E-state index contributed by atoms with van der Waals surface area (Å²) in [7, 11) is 0. The Morgan fingerprint density at radius 3 is 2.31 bits per heavy atom. The average Bonchev–Trinajstić information content (AvgIpc) is 2.69. The van der Waals surface area contributed by atoms with Crippen molar-refractivity contribution in [2.45, 2.75) is 13.3 Å². The van der Waals surface area contributed by atoms with Gasteiger partial charge in [0.2, 0.25) is 0 Å². The second-order valence-electron chi connectivity index (χ2n) is 6.28. The number of urea groups is 1. The van der Waals surface area contributed by atoms with Crippen LogP contribution in [0.15, 0.2) is 36.4 Å². The molecule has 1 saturated heterocycles. The number of nitrogens with zero attached hydrogens (tertiary/aromatic N) is 4. The standard InChI is InChI=1S/C18H21F3N6O2/c1-2-22-15-7-8-16(25-24-15)26-9-11-27(12-10-26)17(28)23-13-3-5-14(6-4-13)29-18(19,20)21/h3-8H,2,9-12H2,1H3,(H,22,24)(H,23,28).